The van der Waals surface area contributed by atoms with Crippen LogP contribution in [0.1, 0.15) is 58.9 Å². The van der Waals surface area contributed by atoms with E-state index in [9.17, 15) is 9.90 Å². The van der Waals surface area contributed by atoms with E-state index in [1.54, 1.807) is 14.2 Å². The van der Waals surface area contributed by atoms with E-state index in [4.69, 9.17) is 19.9 Å². The van der Waals surface area contributed by atoms with Crippen LogP contribution in [0.2, 0.25) is 0 Å². The van der Waals surface area contributed by atoms with E-state index in [1.165, 1.54) is 0 Å². The molecule has 1 amide bonds. The van der Waals surface area contributed by atoms with Gasteiger partial charge in [-0.3, -0.25) is 4.79 Å². The maximum Gasteiger partial charge on any atom is 0.226 e. The molecule has 1 aromatic rings. The van der Waals surface area contributed by atoms with Crippen LogP contribution < -0.4 is 25.8 Å². The van der Waals surface area contributed by atoms with Gasteiger partial charge in [-0.2, -0.15) is 0 Å². The summed E-state index contributed by atoms with van der Waals surface area (Å²) < 4.78 is 16.5. The summed E-state index contributed by atoms with van der Waals surface area (Å²) in [4.78, 5) is 12.9. The van der Waals surface area contributed by atoms with Crippen molar-refractivity contribution in [3.05, 3.63) is 23.8 Å². The second-order valence-electron chi connectivity index (χ2n) is 11.3. The zero-order chi connectivity index (χ0) is 27.4. The molecule has 3 atom stereocenters. The molecular formula is C29H51N3O5. The second kappa shape index (κ2) is 15.5. The molecule has 1 fully saturated rings. The third-order valence-electron chi connectivity index (χ3n) is 7.90. The maximum absolute atomic E-state index is 12.9. The number of ether oxygens (including phenoxy) is 3. The Morgan fingerprint density at radius 3 is 2.51 bits per heavy atom. The van der Waals surface area contributed by atoms with Gasteiger partial charge in [0.15, 0.2) is 11.5 Å². The Bertz CT molecular complexity index is 811. The molecule has 0 aromatic heterocycles. The average molecular weight is 522 g/mol. The first kappa shape index (κ1) is 31.3. The molecule has 1 saturated heterocycles. The summed E-state index contributed by atoms with van der Waals surface area (Å²) in [6, 6.07) is 5.60. The van der Waals surface area contributed by atoms with Gasteiger partial charge < -0.3 is 35.7 Å². The van der Waals surface area contributed by atoms with Gasteiger partial charge in [-0.25, -0.2) is 0 Å². The molecule has 8 nitrogen and oxygen atoms in total. The second-order valence-corrected chi connectivity index (χ2v) is 11.3. The number of hydrogen-bond acceptors (Lipinski definition) is 7. The summed E-state index contributed by atoms with van der Waals surface area (Å²) in [5.41, 5.74) is 7.12. The molecule has 3 unspecified atom stereocenters. The fourth-order valence-electron chi connectivity index (χ4n) is 5.05. The summed E-state index contributed by atoms with van der Waals surface area (Å²) in [7, 11) is 3.32. The number of carbonyl (C=O) groups excluding carboxylic acids is 1. The van der Waals surface area contributed by atoms with Crippen LogP contribution in [-0.2, 0) is 16.0 Å². The molecule has 0 radical (unpaired) electrons. The quantitative estimate of drug-likeness (QED) is 0.247. The number of methoxy groups -OCH3 is 2. The van der Waals surface area contributed by atoms with Gasteiger partial charge in [0.05, 0.1) is 19.8 Å². The molecule has 8 heteroatoms. The lowest BCUT2D eigenvalue weighted by Crippen LogP contribution is -2.50. The fourth-order valence-corrected chi connectivity index (χ4v) is 5.05. The molecule has 1 aliphatic heterocycles. The van der Waals surface area contributed by atoms with Crippen molar-refractivity contribution < 1.29 is 24.1 Å². The van der Waals surface area contributed by atoms with E-state index in [2.05, 4.69) is 30.5 Å². The summed E-state index contributed by atoms with van der Waals surface area (Å²) in [5, 5.41) is 17.1. The monoisotopic (exact) mass is 521 g/mol. The van der Waals surface area contributed by atoms with Crippen LogP contribution >= 0.6 is 0 Å². The van der Waals surface area contributed by atoms with Crippen LogP contribution in [0.3, 0.4) is 0 Å². The Morgan fingerprint density at radius 2 is 1.89 bits per heavy atom. The van der Waals surface area contributed by atoms with Crippen LogP contribution in [0, 0.1) is 23.2 Å². The standard InChI is InChI=1S/C29H51N3O5/c1-20(2)22(16-21-8-9-26(36-6)27(17-21)37-15-7-14-35-5)18-24(30)25(33)19-32-28(34)29(3,4)23-10-12-31-13-11-23/h8-9,17,20,22-25,31,33H,7,10-16,18-19,30H2,1-6H3,(H,32,34). The van der Waals surface area contributed by atoms with Gasteiger partial charge >= 0.3 is 0 Å². The number of rotatable bonds is 16. The molecule has 0 spiro atoms. The number of piperidine rings is 1. The van der Waals surface area contributed by atoms with Crippen molar-refractivity contribution in [2.24, 2.45) is 28.9 Å². The highest BCUT2D eigenvalue weighted by molar-refractivity contribution is 5.82. The molecule has 212 valence electrons. The van der Waals surface area contributed by atoms with Crippen molar-refractivity contribution in [2.75, 3.05) is 47.1 Å². The van der Waals surface area contributed by atoms with E-state index >= 15 is 0 Å². The minimum absolute atomic E-state index is 0.0117. The largest absolute Gasteiger partial charge is 0.493 e. The number of nitrogens with two attached hydrogens (primary N) is 1. The van der Waals surface area contributed by atoms with Crippen LogP contribution in [-0.4, -0.2) is 70.2 Å². The lowest BCUT2D eigenvalue weighted by Gasteiger charge is -2.36. The van der Waals surface area contributed by atoms with Crippen molar-refractivity contribution in [3.63, 3.8) is 0 Å². The van der Waals surface area contributed by atoms with Gasteiger partial charge in [0.1, 0.15) is 0 Å². The lowest BCUT2D eigenvalue weighted by molar-refractivity contribution is -0.133. The molecule has 0 saturated carbocycles. The maximum atomic E-state index is 12.9. The first-order chi connectivity index (χ1) is 17.6. The van der Waals surface area contributed by atoms with Crippen LogP contribution in [0.4, 0.5) is 0 Å². The molecule has 5 N–H and O–H groups in total. The van der Waals surface area contributed by atoms with Gasteiger partial charge in [0.2, 0.25) is 5.91 Å². The van der Waals surface area contributed by atoms with Gasteiger partial charge in [-0.05, 0) is 74.2 Å². The summed E-state index contributed by atoms with van der Waals surface area (Å²) in [5.74, 6) is 2.39. The minimum atomic E-state index is -0.801. The van der Waals surface area contributed by atoms with Gasteiger partial charge in [-0.1, -0.05) is 33.8 Å². The SMILES string of the molecule is COCCCOc1cc(CC(CC(N)C(O)CNC(=O)C(C)(C)C2CCNCC2)C(C)C)ccc1OC. The number of hydrogen-bond donors (Lipinski definition) is 4. The Balaban J connectivity index is 1.94. The van der Waals surface area contributed by atoms with E-state index in [0.29, 0.717) is 37.2 Å². The number of amides is 1. The third-order valence-corrected chi connectivity index (χ3v) is 7.90. The fraction of sp³-hybridized carbons (Fsp3) is 0.759. The third kappa shape index (κ3) is 9.74. The normalized spacial score (nSPS) is 17.3. The average Bonchev–Trinajstić information content (AvgIpc) is 2.89. The molecular weight excluding hydrogens is 470 g/mol. The number of aliphatic hydroxyl groups is 1. The van der Waals surface area contributed by atoms with Gasteiger partial charge in [0, 0.05) is 38.1 Å². The molecule has 0 aliphatic carbocycles. The first-order valence-electron chi connectivity index (χ1n) is 13.8. The van der Waals surface area contributed by atoms with Crippen molar-refractivity contribution in [2.45, 2.75) is 71.9 Å². The highest BCUT2D eigenvalue weighted by Crippen LogP contribution is 2.34. The van der Waals surface area contributed by atoms with E-state index < -0.39 is 17.6 Å². The zero-order valence-corrected chi connectivity index (χ0v) is 23.8. The predicted octanol–water partition coefficient (Wildman–Crippen LogP) is 3.15. The Labute approximate surface area is 224 Å². The smallest absolute Gasteiger partial charge is 0.226 e. The van der Waals surface area contributed by atoms with Crippen LogP contribution in [0.25, 0.3) is 0 Å². The van der Waals surface area contributed by atoms with Gasteiger partial charge in [-0.15, -0.1) is 0 Å². The van der Waals surface area contributed by atoms with Gasteiger partial charge in [0.25, 0.3) is 0 Å². The minimum Gasteiger partial charge on any atom is -0.493 e. The van der Waals surface area contributed by atoms with Crippen molar-refractivity contribution in [1.29, 1.82) is 0 Å². The van der Waals surface area contributed by atoms with Crippen molar-refractivity contribution in [1.82, 2.24) is 10.6 Å². The van der Waals surface area contributed by atoms with Crippen molar-refractivity contribution >= 4 is 5.91 Å². The number of carbonyl (C=O) groups is 1. The Morgan fingerprint density at radius 1 is 1.19 bits per heavy atom. The molecule has 1 aliphatic rings. The number of aliphatic hydroxyl groups excluding tert-OH is 1. The summed E-state index contributed by atoms with van der Waals surface area (Å²) in [6.45, 7) is 11.6. The van der Waals surface area contributed by atoms with Crippen molar-refractivity contribution in [3.8, 4) is 11.5 Å². The van der Waals surface area contributed by atoms with Crippen LogP contribution in [0.5, 0.6) is 11.5 Å². The molecule has 0 bridgehead atoms. The molecule has 2 rings (SSSR count). The zero-order valence-electron chi connectivity index (χ0n) is 23.8. The van der Waals surface area contributed by atoms with E-state index in [-0.39, 0.29) is 18.4 Å². The predicted molar refractivity (Wildman–Crippen MR) is 148 cm³/mol. The first-order valence-corrected chi connectivity index (χ1v) is 13.8. The molecule has 37 heavy (non-hydrogen) atoms. The summed E-state index contributed by atoms with van der Waals surface area (Å²) >= 11 is 0. The number of nitrogens with one attached hydrogen (secondary N) is 2. The van der Waals surface area contributed by atoms with E-state index in [0.717, 1.165) is 50.1 Å². The van der Waals surface area contributed by atoms with Crippen LogP contribution in [0.15, 0.2) is 18.2 Å². The highest BCUT2D eigenvalue weighted by Gasteiger charge is 2.37. The molecule has 1 heterocycles. The Hall–Kier alpha value is -1.87. The summed E-state index contributed by atoms with van der Waals surface area (Å²) in [6.07, 6.45) is 3.45. The van der Waals surface area contributed by atoms with E-state index in [1.807, 2.05) is 26.0 Å². The Kier molecular flexibility index (Phi) is 13.1. The highest BCUT2D eigenvalue weighted by atomic mass is 16.5. The topological polar surface area (TPSA) is 115 Å². The lowest BCUT2D eigenvalue weighted by atomic mass is 9.73. The molecule has 1 aromatic carbocycles. The number of benzene rings is 1.